The molecule has 0 amide bonds. The molecule has 1 unspecified atom stereocenters. The SMILES string of the molecule is Cc1nn(C)cc1CNCC(O)c1c(F)cccc1F. The van der Waals surface area contributed by atoms with Crippen molar-refractivity contribution in [2.24, 2.45) is 7.05 Å². The van der Waals surface area contributed by atoms with E-state index in [1.54, 1.807) is 4.68 Å². The number of hydrogen-bond acceptors (Lipinski definition) is 3. The van der Waals surface area contributed by atoms with Gasteiger partial charge >= 0.3 is 0 Å². The number of rotatable bonds is 5. The number of benzene rings is 1. The average molecular weight is 281 g/mol. The highest BCUT2D eigenvalue weighted by Gasteiger charge is 2.17. The summed E-state index contributed by atoms with van der Waals surface area (Å²) in [7, 11) is 1.82. The second-order valence-electron chi connectivity index (χ2n) is 4.70. The van der Waals surface area contributed by atoms with E-state index in [-0.39, 0.29) is 12.1 Å². The van der Waals surface area contributed by atoms with Crippen molar-refractivity contribution in [3.05, 3.63) is 52.9 Å². The molecule has 108 valence electrons. The van der Waals surface area contributed by atoms with Gasteiger partial charge in [-0.2, -0.15) is 5.10 Å². The number of halogens is 2. The van der Waals surface area contributed by atoms with E-state index < -0.39 is 17.7 Å². The van der Waals surface area contributed by atoms with Gasteiger partial charge in [-0.25, -0.2) is 8.78 Å². The van der Waals surface area contributed by atoms with Crippen molar-refractivity contribution in [2.45, 2.75) is 19.6 Å². The van der Waals surface area contributed by atoms with Crippen LogP contribution < -0.4 is 5.32 Å². The number of aryl methyl sites for hydroxylation is 2. The van der Waals surface area contributed by atoms with Gasteiger partial charge in [-0.1, -0.05) is 6.07 Å². The van der Waals surface area contributed by atoms with Crippen molar-refractivity contribution in [3.63, 3.8) is 0 Å². The fraction of sp³-hybridized carbons (Fsp3) is 0.357. The first-order valence-corrected chi connectivity index (χ1v) is 6.31. The van der Waals surface area contributed by atoms with Crippen LogP contribution in [0.2, 0.25) is 0 Å². The van der Waals surface area contributed by atoms with Gasteiger partial charge in [0.1, 0.15) is 11.6 Å². The van der Waals surface area contributed by atoms with Gasteiger partial charge in [-0.05, 0) is 19.1 Å². The summed E-state index contributed by atoms with van der Waals surface area (Å²) < 4.78 is 28.6. The van der Waals surface area contributed by atoms with E-state index in [1.807, 2.05) is 20.2 Å². The van der Waals surface area contributed by atoms with Crippen LogP contribution in [0.25, 0.3) is 0 Å². The number of nitrogens with zero attached hydrogens (tertiary/aromatic N) is 2. The molecule has 0 aliphatic carbocycles. The molecule has 1 heterocycles. The minimum Gasteiger partial charge on any atom is -0.387 e. The van der Waals surface area contributed by atoms with Gasteiger partial charge in [-0.3, -0.25) is 4.68 Å². The summed E-state index contributed by atoms with van der Waals surface area (Å²) in [6.07, 6.45) is 0.631. The van der Waals surface area contributed by atoms with Crippen LogP contribution >= 0.6 is 0 Å². The van der Waals surface area contributed by atoms with Crippen LogP contribution in [0.5, 0.6) is 0 Å². The number of aliphatic hydroxyl groups is 1. The third-order valence-corrected chi connectivity index (χ3v) is 3.10. The fourth-order valence-corrected chi connectivity index (χ4v) is 2.10. The lowest BCUT2D eigenvalue weighted by atomic mass is 10.1. The number of nitrogens with one attached hydrogen (secondary N) is 1. The van der Waals surface area contributed by atoms with Crippen molar-refractivity contribution < 1.29 is 13.9 Å². The van der Waals surface area contributed by atoms with Gasteiger partial charge in [0.25, 0.3) is 0 Å². The van der Waals surface area contributed by atoms with Gasteiger partial charge in [-0.15, -0.1) is 0 Å². The Morgan fingerprint density at radius 3 is 2.55 bits per heavy atom. The molecule has 0 aliphatic rings. The van der Waals surface area contributed by atoms with E-state index in [0.717, 1.165) is 23.4 Å². The zero-order valence-corrected chi connectivity index (χ0v) is 11.4. The zero-order valence-electron chi connectivity index (χ0n) is 11.4. The Bertz CT molecular complexity index is 578. The number of aromatic nitrogens is 2. The maximum Gasteiger partial charge on any atom is 0.131 e. The van der Waals surface area contributed by atoms with Crippen LogP contribution in [0.15, 0.2) is 24.4 Å². The monoisotopic (exact) mass is 281 g/mol. The van der Waals surface area contributed by atoms with Crippen molar-refractivity contribution in [1.82, 2.24) is 15.1 Å². The van der Waals surface area contributed by atoms with Gasteiger partial charge in [0.05, 0.1) is 17.4 Å². The molecule has 6 heteroatoms. The molecule has 4 nitrogen and oxygen atoms in total. The maximum absolute atomic E-state index is 13.5. The molecule has 0 aliphatic heterocycles. The van der Waals surface area contributed by atoms with E-state index in [4.69, 9.17) is 0 Å². The molecule has 0 radical (unpaired) electrons. The summed E-state index contributed by atoms with van der Waals surface area (Å²) in [6, 6.07) is 3.53. The molecule has 1 atom stereocenters. The standard InChI is InChI=1S/C14H17F2N3O/c1-9-10(8-19(2)18-9)6-17-7-13(20)14-11(15)4-3-5-12(14)16/h3-5,8,13,17,20H,6-7H2,1-2H3. The Balaban J connectivity index is 1.96. The largest absolute Gasteiger partial charge is 0.387 e. The number of aliphatic hydroxyl groups excluding tert-OH is 1. The molecule has 1 aromatic heterocycles. The van der Waals surface area contributed by atoms with Crippen molar-refractivity contribution in [1.29, 1.82) is 0 Å². The van der Waals surface area contributed by atoms with Crippen LogP contribution in [0.3, 0.4) is 0 Å². The first-order valence-electron chi connectivity index (χ1n) is 6.31. The smallest absolute Gasteiger partial charge is 0.131 e. The molecule has 2 rings (SSSR count). The first-order chi connectivity index (χ1) is 9.49. The highest BCUT2D eigenvalue weighted by Crippen LogP contribution is 2.20. The Morgan fingerprint density at radius 1 is 1.35 bits per heavy atom. The first kappa shape index (κ1) is 14.6. The summed E-state index contributed by atoms with van der Waals surface area (Å²) in [4.78, 5) is 0. The van der Waals surface area contributed by atoms with Crippen molar-refractivity contribution in [2.75, 3.05) is 6.54 Å². The highest BCUT2D eigenvalue weighted by atomic mass is 19.1. The van der Waals surface area contributed by atoms with Crippen molar-refractivity contribution >= 4 is 0 Å². The molecule has 0 spiro atoms. The molecular formula is C14H17F2N3O. The van der Waals surface area contributed by atoms with E-state index in [2.05, 4.69) is 10.4 Å². The van der Waals surface area contributed by atoms with E-state index in [1.165, 1.54) is 6.07 Å². The minimum absolute atomic E-state index is 0.0617. The third-order valence-electron chi connectivity index (χ3n) is 3.10. The lowest BCUT2D eigenvalue weighted by Gasteiger charge is -2.13. The van der Waals surface area contributed by atoms with Gasteiger partial charge in [0.15, 0.2) is 0 Å². The molecule has 0 saturated carbocycles. The molecule has 0 bridgehead atoms. The zero-order chi connectivity index (χ0) is 14.7. The summed E-state index contributed by atoms with van der Waals surface area (Å²) in [6.45, 7) is 2.42. The fourth-order valence-electron chi connectivity index (χ4n) is 2.10. The predicted octanol–water partition coefficient (Wildman–Crippen LogP) is 1.83. The Morgan fingerprint density at radius 2 is 2.00 bits per heavy atom. The average Bonchev–Trinajstić information content (AvgIpc) is 2.68. The van der Waals surface area contributed by atoms with Crippen LogP contribution in [0, 0.1) is 18.6 Å². The van der Waals surface area contributed by atoms with Crippen LogP contribution in [-0.2, 0) is 13.6 Å². The lowest BCUT2D eigenvalue weighted by molar-refractivity contribution is 0.164. The molecule has 20 heavy (non-hydrogen) atoms. The highest BCUT2D eigenvalue weighted by molar-refractivity contribution is 5.22. The lowest BCUT2D eigenvalue weighted by Crippen LogP contribution is -2.22. The molecule has 2 aromatic rings. The van der Waals surface area contributed by atoms with Crippen molar-refractivity contribution in [3.8, 4) is 0 Å². The Hall–Kier alpha value is -1.79. The van der Waals surface area contributed by atoms with E-state index in [9.17, 15) is 13.9 Å². The van der Waals surface area contributed by atoms with Gasteiger partial charge in [0, 0.05) is 31.9 Å². The normalized spacial score (nSPS) is 12.7. The predicted molar refractivity (Wildman–Crippen MR) is 71.0 cm³/mol. The molecule has 0 saturated heterocycles. The molecular weight excluding hydrogens is 264 g/mol. The Labute approximate surface area is 116 Å². The van der Waals surface area contributed by atoms with Gasteiger partial charge in [0.2, 0.25) is 0 Å². The minimum atomic E-state index is -1.23. The Kier molecular flexibility index (Phi) is 4.46. The molecule has 0 fully saturated rings. The van der Waals surface area contributed by atoms with E-state index in [0.29, 0.717) is 6.54 Å². The van der Waals surface area contributed by atoms with Crippen LogP contribution in [-0.4, -0.2) is 21.4 Å². The summed E-state index contributed by atoms with van der Waals surface area (Å²) in [5, 5.41) is 17.0. The molecule has 2 N–H and O–H groups in total. The molecule has 1 aromatic carbocycles. The third kappa shape index (κ3) is 3.20. The number of hydrogen-bond donors (Lipinski definition) is 2. The van der Waals surface area contributed by atoms with E-state index >= 15 is 0 Å². The second kappa shape index (κ2) is 6.11. The van der Waals surface area contributed by atoms with Crippen LogP contribution in [0.1, 0.15) is 22.9 Å². The second-order valence-corrected chi connectivity index (χ2v) is 4.70. The summed E-state index contributed by atoms with van der Waals surface area (Å²) in [5.41, 5.74) is 1.56. The van der Waals surface area contributed by atoms with Gasteiger partial charge < -0.3 is 10.4 Å². The topological polar surface area (TPSA) is 50.1 Å². The summed E-state index contributed by atoms with van der Waals surface area (Å²) >= 11 is 0. The maximum atomic E-state index is 13.5. The van der Waals surface area contributed by atoms with Crippen LogP contribution in [0.4, 0.5) is 8.78 Å². The summed E-state index contributed by atoms with van der Waals surface area (Å²) in [5.74, 6) is -1.48. The quantitative estimate of drug-likeness (QED) is 0.879.